The van der Waals surface area contributed by atoms with Crippen LogP contribution in [-0.4, -0.2) is 4.21 Å². The van der Waals surface area contributed by atoms with Crippen molar-refractivity contribution < 1.29 is 4.21 Å². The smallest absolute Gasteiger partial charge is 0.117 e. The Morgan fingerprint density at radius 3 is 2.38 bits per heavy atom. The maximum Gasteiger partial charge on any atom is 0.117 e. The molecule has 2 N–H and O–H groups in total. The quantitative estimate of drug-likeness (QED) is 0.890. The number of rotatable bonds is 2. The number of hydrogen-bond acceptors (Lipinski definition) is 2. The monoisotopic (exact) mass is 251 g/mol. The van der Waals surface area contributed by atoms with Crippen LogP contribution < -0.4 is 5.14 Å². The number of aryl methyl sites for hydroxylation is 1. The fourth-order valence-corrected chi connectivity index (χ4v) is 3.07. The first kappa shape index (κ1) is 11.5. The molecular formula is C12H13NOS2. The molecular weight excluding hydrogens is 238 g/mol. The standard InChI is InChI=1S/C12H13NOS2/c1-2-9-7-8-12(16(13,14)15)11-6-4-3-5-10(9)11/h3-8H,2H2,1H3,(H2,13,14,15). The van der Waals surface area contributed by atoms with Crippen molar-refractivity contribution in [1.82, 2.24) is 0 Å². The molecule has 0 amide bonds. The highest BCUT2D eigenvalue weighted by Crippen LogP contribution is 2.25. The van der Waals surface area contributed by atoms with Gasteiger partial charge in [-0.05, 0) is 28.8 Å². The maximum atomic E-state index is 11.8. The second-order valence-electron chi connectivity index (χ2n) is 3.67. The van der Waals surface area contributed by atoms with Gasteiger partial charge < -0.3 is 0 Å². The third-order valence-electron chi connectivity index (χ3n) is 2.66. The van der Waals surface area contributed by atoms with Crippen molar-refractivity contribution in [2.45, 2.75) is 18.2 Å². The summed E-state index contributed by atoms with van der Waals surface area (Å²) in [5.41, 5.74) is 1.22. The number of hydrogen-bond donors (Lipinski definition) is 1. The Morgan fingerprint density at radius 2 is 1.81 bits per heavy atom. The summed E-state index contributed by atoms with van der Waals surface area (Å²) in [6.07, 6.45) is 0.935. The Balaban J connectivity index is 2.91. The van der Waals surface area contributed by atoms with Crippen molar-refractivity contribution in [1.29, 1.82) is 0 Å². The molecule has 0 aromatic heterocycles. The average Bonchev–Trinajstić information content (AvgIpc) is 2.26. The van der Waals surface area contributed by atoms with Crippen LogP contribution in [-0.2, 0) is 26.3 Å². The van der Waals surface area contributed by atoms with E-state index in [4.69, 9.17) is 16.3 Å². The first-order valence-electron chi connectivity index (χ1n) is 5.07. The van der Waals surface area contributed by atoms with Crippen molar-refractivity contribution in [3.05, 3.63) is 42.0 Å². The Hall–Kier alpha value is -0.970. The minimum Gasteiger partial charge on any atom is -0.247 e. The number of fused-ring (bicyclic) bond motifs is 1. The molecule has 0 saturated heterocycles. The van der Waals surface area contributed by atoms with Gasteiger partial charge in [-0.15, -0.1) is 0 Å². The number of nitrogens with two attached hydrogens (primary N) is 1. The van der Waals surface area contributed by atoms with Gasteiger partial charge in [0.25, 0.3) is 0 Å². The molecule has 0 saturated carbocycles. The topological polar surface area (TPSA) is 43.1 Å². The van der Waals surface area contributed by atoms with E-state index < -0.39 is 8.68 Å². The molecule has 2 aromatic rings. The zero-order valence-corrected chi connectivity index (χ0v) is 10.6. The largest absolute Gasteiger partial charge is 0.247 e. The van der Waals surface area contributed by atoms with Crippen molar-refractivity contribution in [3.8, 4) is 0 Å². The van der Waals surface area contributed by atoms with E-state index in [9.17, 15) is 4.21 Å². The normalized spacial score (nSPS) is 14.9. The molecule has 2 rings (SSSR count). The van der Waals surface area contributed by atoms with E-state index in [1.807, 2.05) is 30.3 Å². The molecule has 0 aliphatic rings. The molecule has 2 nitrogen and oxygen atoms in total. The van der Waals surface area contributed by atoms with Crippen LogP contribution in [0.4, 0.5) is 0 Å². The molecule has 1 atom stereocenters. The predicted molar refractivity (Wildman–Crippen MR) is 71.3 cm³/mol. The molecule has 0 bridgehead atoms. The highest BCUT2D eigenvalue weighted by atomic mass is 32.8. The van der Waals surface area contributed by atoms with Crippen LogP contribution in [0.1, 0.15) is 12.5 Å². The van der Waals surface area contributed by atoms with Gasteiger partial charge in [0.15, 0.2) is 0 Å². The summed E-state index contributed by atoms with van der Waals surface area (Å²) in [4.78, 5) is 0.565. The Morgan fingerprint density at radius 1 is 1.19 bits per heavy atom. The van der Waals surface area contributed by atoms with Gasteiger partial charge >= 0.3 is 0 Å². The summed E-state index contributed by atoms with van der Waals surface area (Å²) in [7, 11) is -2.82. The zero-order chi connectivity index (χ0) is 11.8. The van der Waals surface area contributed by atoms with E-state index in [1.54, 1.807) is 6.07 Å². The van der Waals surface area contributed by atoms with E-state index in [0.29, 0.717) is 4.90 Å². The lowest BCUT2D eigenvalue weighted by Gasteiger charge is -2.09. The Bertz CT molecular complexity index is 633. The third-order valence-corrected chi connectivity index (χ3v) is 4.17. The fraction of sp³-hybridized carbons (Fsp3) is 0.167. The number of benzene rings is 2. The summed E-state index contributed by atoms with van der Waals surface area (Å²) >= 11 is 4.86. The second kappa shape index (κ2) is 4.13. The molecule has 1 unspecified atom stereocenters. The van der Waals surface area contributed by atoms with Gasteiger partial charge in [0, 0.05) is 11.2 Å². The lowest BCUT2D eigenvalue weighted by molar-refractivity contribution is 0.683. The molecule has 0 fully saturated rings. The van der Waals surface area contributed by atoms with Crippen molar-refractivity contribution in [2.75, 3.05) is 0 Å². The third kappa shape index (κ3) is 1.96. The lowest BCUT2D eigenvalue weighted by atomic mass is 10.0. The van der Waals surface area contributed by atoms with E-state index in [1.165, 1.54) is 5.56 Å². The van der Waals surface area contributed by atoms with Gasteiger partial charge in [-0.3, -0.25) is 0 Å². The van der Waals surface area contributed by atoms with Gasteiger partial charge in [0.2, 0.25) is 0 Å². The Kier molecular flexibility index (Phi) is 2.97. The van der Waals surface area contributed by atoms with Crippen LogP contribution >= 0.6 is 0 Å². The summed E-state index contributed by atoms with van der Waals surface area (Å²) in [6.45, 7) is 2.09. The van der Waals surface area contributed by atoms with E-state index in [0.717, 1.165) is 17.2 Å². The van der Waals surface area contributed by atoms with E-state index in [2.05, 4.69) is 6.92 Å². The summed E-state index contributed by atoms with van der Waals surface area (Å²) in [6, 6.07) is 11.5. The van der Waals surface area contributed by atoms with Gasteiger partial charge in [-0.25, -0.2) is 9.35 Å². The SMILES string of the molecule is CCc1ccc(S(N)(=O)=S)c2ccccc12. The first-order valence-corrected chi connectivity index (χ1v) is 7.62. The van der Waals surface area contributed by atoms with Crippen LogP contribution in [0.2, 0.25) is 0 Å². The van der Waals surface area contributed by atoms with Gasteiger partial charge in [0.05, 0.1) is 4.90 Å². The minimum absolute atomic E-state index is 0.565. The van der Waals surface area contributed by atoms with Crippen LogP contribution in [0.15, 0.2) is 41.3 Å². The molecule has 16 heavy (non-hydrogen) atoms. The van der Waals surface area contributed by atoms with Crippen LogP contribution in [0.3, 0.4) is 0 Å². The van der Waals surface area contributed by atoms with Gasteiger partial charge in [-0.1, -0.05) is 37.3 Å². The summed E-state index contributed by atoms with van der Waals surface area (Å²) in [5, 5.41) is 7.55. The molecule has 2 aromatic carbocycles. The molecule has 0 heterocycles. The van der Waals surface area contributed by atoms with Crippen molar-refractivity contribution in [2.24, 2.45) is 5.14 Å². The highest BCUT2D eigenvalue weighted by molar-refractivity contribution is 8.31. The molecule has 0 aliphatic heterocycles. The summed E-state index contributed by atoms with van der Waals surface area (Å²) < 4.78 is 11.8. The van der Waals surface area contributed by atoms with Crippen molar-refractivity contribution in [3.63, 3.8) is 0 Å². The van der Waals surface area contributed by atoms with Crippen molar-refractivity contribution >= 4 is 30.6 Å². The minimum atomic E-state index is -2.82. The van der Waals surface area contributed by atoms with Crippen LogP contribution in [0.5, 0.6) is 0 Å². The molecule has 0 radical (unpaired) electrons. The highest BCUT2D eigenvalue weighted by Gasteiger charge is 2.10. The molecule has 4 heteroatoms. The van der Waals surface area contributed by atoms with Crippen LogP contribution in [0, 0.1) is 0 Å². The van der Waals surface area contributed by atoms with E-state index in [-0.39, 0.29) is 0 Å². The molecule has 0 aliphatic carbocycles. The Labute approximate surface area is 100 Å². The average molecular weight is 251 g/mol. The van der Waals surface area contributed by atoms with Gasteiger partial charge in [0.1, 0.15) is 8.68 Å². The molecule has 84 valence electrons. The molecule has 0 spiro atoms. The lowest BCUT2D eigenvalue weighted by Crippen LogP contribution is -2.11. The maximum absolute atomic E-state index is 11.8. The first-order chi connectivity index (χ1) is 7.54. The zero-order valence-electron chi connectivity index (χ0n) is 8.97. The fourth-order valence-electron chi connectivity index (χ4n) is 1.89. The van der Waals surface area contributed by atoms with Gasteiger partial charge in [-0.2, -0.15) is 0 Å². The summed E-state index contributed by atoms with van der Waals surface area (Å²) in [5.74, 6) is 0. The second-order valence-corrected chi connectivity index (χ2v) is 6.68. The predicted octanol–water partition coefficient (Wildman–Crippen LogP) is 2.38. The van der Waals surface area contributed by atoms with E-state index >= 15 is 0 Å². The van der Waals surface area contributed by atoms with Crippen LogP contribution in [0.25, 0.3) is 10.8 Å².